The molecule has 0 bridgehead atoms. The first kappa shape index (κ1) is 16.8. The molecule has 3 rings (SSSR count). The van der Waals surface area contributed by atoms with Gasteiger partial charge in [-0.15, -0.1) is 0 Å². The van der Waals surface area contributed by atoms with E-state index in [1.54, 1.807) is 25.1 Å². The zero-order valence-electron chi connectivity index (χ0n) is 14.2. The van der Waals surface area contributed by atoms with Crippen molar-refractivity contribution in [2.24, 2.45) is 0 Å². The minimum atomic E-state index is -0.561. The van der Waals surface area contributed by atoms with Crippen molar-refractivity contribution in [3.05, 3.63) is 23.8 Å². The maximum absolute atomic E-state index is 12.3. The number of hydrogen-bond donors (Lipinski definition) is 2. The molecule has 0 unspecified atom stereocenters. The van der Waals surface area contributed by atoms with Gasteiger partial charge in [0, 0.05) is 17.5 Å². The van der Waals surface area contributed by atoms with Gasteiger partial charge in [-0.3, -0.25) is 5.32 Å². The van der Waals surface area contributed by atoms with E-state index >= 15 is 0 Å². The van der Waals surface area contributed by atoms with Crippen molar-refractivity contribution < 1.29 is 23.8 Å². The number of amides is 2. The fourth-order valence-corrected chi connectivity index (χ4v) is 2.43. The number of carbonyl (C=O) groups is 2. The minimum Gasteiger partial charge on any atom is -0.462 e. The van der Waals surface area contributed by atoms with E-state index in [-0.39, 0.29) is 30.8 Å². The van der Waals surface area contributed by atoms with Crippen LogP contribution in [0.15, 0.2) is 18.2 Å². The molecule has 132 valence electrons. The van der Waals surface area contributed by atoms with E-state index in [4.69, 9.17) is 14.2 Å². The Kier molecular flexibility index (Phi) is 4.60. The number of nitrogens with zero attached hydrogens (tertiary/aromatic N) is 1. The second-order valence-electron chi connectivity index (χ2n) is 5.76. The quantitative estimate of drug-likeness (QED) is 0.827. The van der Waals surface area contributed by atoms with Crippen molar-refractivity contribution in [3.8, 4) is 11.5 Å². The monoisotopic (exact) mass is 345 g/mol. The predicted octanol–water partition coefficient (Wildman–Crippen LogP) is 2.67. The summed E-state index contributed by atoms with van der Waals surface area (Å²) in [6.45, 7) is 5.73. The second kappa shape index (κ2) is 6.84. The van der Waals surface area contributed by atoms with Crippen LogP contribution in [0.4, 0.5) is 10.6 Å². The molecule has 2 amide bonds. The van der Waals surface area contributed by atoms with Crippen LogP contribution in [0.25, 0.3) is 10.9 Å². The van der Waals surface area contributed by atoms with Crippen molar-refractivity contribution in [3.63, 3.8) is 0 Å². The average molecular weight is 345 g/mol. The lowest BCUT2D eigenvalue weighted by molar-refractivity contribution is 0.0527. The highest BCUT2D eigenvalue weighted by Gasteiger charge is 2.21. The first-order chi connectivity index (χ1) is 12.0. The van der Waals surface area contributed by atoms with Crippen molar-refractivity contribution in [1.82, 2.24) is 10.3 Å². The van der Waals surface area contributed by atoms with Crippen LogP contribution in [0.2, 0.25) is 0 Å². The number of carbonyl (C=O) groups excluding carboxylic acids is 2. The van der Waals surface area contributed by atoms with E-state index < -0.39 is 12.0 Å². The summed E-state index contributed by atoms with van der Waals surface area (Å²) in [7, 11) is 0. The minimum absolute atomic E-state index is 0.0553. The Morgan fingerprint density at radius 2 is 1.96 bits per heavy atom. The number of benzene rings is 1. The molecule has 1 aromatic carbocycles. The first-order valence-corrected chi connectivity index (χ1v) is 7.97. The summed E-state index contributed by atoms with van der Waals surface area (Å²) >= 11 is 0. The van der Waals surface area contributed by atoms with Gasteiger partial charge < -0.3 is 19.5 Å². The topological polar surface area (TPSA) is 98.8 Å². The molecule has 8 nitrogen and oxygen atoms in total. The Labute approximate surface area is 144 Å². The predicted molar refractivity (Wildman–Crippen MR) is 91.1 cm³/mol. The maximum Gasteiger partial charge on any atom is 0.341 e. The third-order valence-electron chi connectivity index (χ3n) is 3.46. The standard InChI is InChI=1S/C17H19N3O5/c1-4-23-16(21)11-5-10-6-13-14(25-8-24-13)7-12(10)19-15(11)20-17(22)18-9(2)3/h5-7,9H,4,8H2,1-3H3,(H2,18,19,20,22). The molecule has 0 saturated carbocycles. The van der Waals surface area contributed by atoms with Gasteiger partial charge in [0.05, 0.1) is 12.1 Å². The molecular weight excluding hydrogens is 326 g/mol. The number of rotatable bonds is 4. The molecule has 1 aliphatic heterocycles. The van der Waals surface area contributed by atoms with Gasteiger partial charge in [-0.1, -0.05) is 0 Å². The Morgan fingerprint density at radius 1 is 1.24 bits per heavy atom. The highest BCUT2D eigenvalue weighted by atomic mass is 16.7. The lowest BCUT2D eigenvalue weighted by Crippen LogP contribution is -2.35. The van der Waals surface area contributed by atoms with E-state index in [1.807, 2.05) is 13.8 Å². The fraction of sp³-hybridized carbons (Fsp3) is 0.353. The number of nitrogens with one attached hydrogen (secondary N) is 2. The molecule has 1 aromatic heterocycles. The summed E-state index contributed by atoms with van der Waals surface area (Å²) in [5.74, 6) is 0.723. The highest BCUT2D eigenvalue weighted by Crippen LogP contribution is 2.36. The summed E-state index contributed by atoms with van der Waals surface area (Å²) in [5.41, 5.74) is 0.740. The number of esters is 1. The lowest BCUT2D eigenvalue weighted by Gasteiger charge is -2.13. The van der Waals surface area contributed by atoms with Gasteiger partial charge in [-0.2, -0.15) is 0 Å². The number of fused-ring (bicyclic) bond motifs is 2. The SMILES string of the molecule is CCOC(=O)c1cc2cc3c(cc2nc1NC(=O)NC(C)C)OCO3. The fourth-order valence-electron chi connectivity index (χ4n) is 2.43. The van der Waals surface area contributed by atoms with Gasteiger partial charge in [0.25, 0.3) is 0 Å². The van der Waals surface area contributed by atoms with E-state index in [0.717, 1.165) is 0 Å². The van der Waals surface area contributed by atoms with Gasteiger partial charge in [-0.05, 0) is 32.9 Å². The molecular formula is C17H19N3O5. The van der Waals surface area contributed by atoms with Crippen molar-refractivity contribution in [2.75, 3.05) is 18.7 Å². The molecule has 0 spiro atoms. The normalized spacial score (nSPS) is 12.3. The summed E-state index contributed by atoms with van der Waals surface area (Å²) in [6.07, 6.45) is 0. The van der Waals surface area contributed by atoms with Gasteiger partial charge in [0.1, 0.15) is 11.4 Å². The number of aromatic nitrogens is 1. The molecule has 0 atom stereocenters. The lowest BCUT2D eigenvalue weighted by atomic mass is 10.1. The van der Waals surface area contributed by atoms with Crippen molar-refractivity contribution in [2.45, 2.75) is 26.8 Å². The largest absolute Gasteiger partial charge is 0.462 e. The van der Waals surface area contributed by atoms with E-state index in [1.165, 1.54) is 0 Å². The molecule has 8 heteroatoms. The Bertz CT molecular complexity index is 835. The molecule has 0 radical (unpaired) electrons. The second-order valence-corrected chi connectivity index (χ2v) is 5.76. The zero-order valence-corrected chi connectivity index (χ0v) is 14.2. The third kappa shape index (κ3) is 3.57. The molecule has 1 aliphatic rings. The highest BCUT2D eigenvalue weighted by molar-refractivity contribution is 6.03. The van der Waals surface area contributed by atoms with Crippen LogP contribution in [-0.4, -0.2) is 36.4 Å². The number of hydrogen-bond acceptors (Lipinski definition) is 6. The van der Waals surface area contributed by atoms with Gasteiger partial charge in [0.2, 0.25) is 6.79 Å². The Balaban J connectivity index is 2.04. The van der Waals surface area contributed by atoms with Crippen LogP contribution in [0.3, 0.4) is 0 Å². The summed E-state index contributed by atoms with van der Waals surface area (Å²) < 4.78 is 15.8. The molecule has 2 heterocycles. The van der Waals surface area contributed by atoms with Gasteiger partial charge >= 0.3 is 12.0 Å². The van der Waals surface area contributed by atoms with Crippen LogP contribution in [0.5, 0.6) is 11.5 Å². The van der Waals surface area contributed by atoms with Crippen LogP contribution in [-0.2, 0) is 4.74 Å². The third-order valence-corrected chi connectivity index (χ3v) is 3.46. The van der Waals surface area contributed by atoms with Gasteiger partial charge in [-0.25, -0.2) is 14.6 Å². The Hall–Kier alpha value is -3.03. The number of ether oxygens (including phenoxy) is 3. The van der Waals surface area contributed by atoms with E-state index in [0.29, 0.717) is 22.4 Å². The summed E-state index contributed by atoms with van der Waals surface area (Å²) in [6, 6.07) is 4.56. The summed E-state index contributed by atoms with van der Waals surface area (Å²) in [5, 5.41) is 5.98. The smallest absolute Gasteiger partial charge is 0.341 e. The molecule has 25 heavy (non-hydrogen) atoms. The maximum atomic E-state index is 12.3. The molecule has 2 N–H and O–H groups in total. The van der Waals surface area contributed by atoms with Crippen molar-refractivity contribution in [1.29, 1.82) is 0 Å². The average Bonchev–Trinajstić information content (AvgIpc) is 2.98. The van der Waals surface area contributed by atoms with Crippen LogP contribution in [0, 0.1) is 0 Å². The Morgan fingerprint density at radius 3 is 2.64 bits per heavy atom. The van der Waals surface area contributed by atoms with Crippen LogP contribution < -0.4 is 20.1 Å². The number of urea groups is 1. The molecule has 0 aliphatic carbocycles. The molecule has 2 aromatic rings. The number of pyridine rings is 1. The van der Waals surface area contributed by atoms with E-state index in [2.05, 4.69) is 15.6 Å². The van der Waals surface area contributed by atoms with Gasteiger partial charge in [0.15, 0.2) is 11.5 Å². The zero-order chi connectivity index (χ0) is 18.0. The first-order valence-electron chi connectivity index (χ1n) is 7.97. The van der Waals surface area contributed by atoms with E-state index in [9.17, 15) is 9.59 Å². The van der Waals surface area contributed by atoms with Crippen LogP contribution in [0.1, 0.15) is 31.1 Å². The molecule has 0 fully saturated rings. The summed E-state index contributed by atoms with van der Waals surface area (Å²) in [4.78, 5) is 28.7. The van der Waals surface area contributed by atoms with Crippen LogP contribution >= 0.6 is 0 Å². The number of anilines is 1. The van der Waals surface area contributed by atoms with Crippen molar-refractivity contribution >= 4 is 28.7 Å². The molecule has 0 saturated heterocycles.